The Labute approximate surface area is 77.7 Å². The van der Waals surface area contributed by atoms with Gasteiger partial charge in [-0.25, -0.2) is 4.39 Å². The van der Waals surface area contributed by atoms with Crippen LogP contribution in [0.5, 0.6) is 0 Å². The highest BCUT2D eigenvalue weighted by Gasteiger charge is 2.01. The van der Waals surface area contributed by atoms with E-state index < -0.39 is 6.17 Å². The van der Waals surface area contributed by atoms with E-state index in [9.17, 15) is 4.39 Å². The minimum absolute atomic E-state index is 0.557. The van der Waals surface area contributed by atoms with Crippen molar-refractivity contribution in [1.29, 1.82) is 0 Å². The molecule has 0 aliphatic carbocycles. The molecule has 0 aromatic rings. The molecule has 0 rings (SSSR count). The van der Waals surface area contributed by atoms with Crippen molar-refractivity contribution in [2.24, 2.45) is 0 Å². The number of alkyl halides is 2. The van der Waals surface area contributed by atoms with Crippen LogP contribution >= 0.6 is 15.9 Å². The second kappa shape index (κ2) is 8.51. The van der Waals surface area contributed by atoms with Crippen LogP contribution in [-0.4, -0.2) is 11.5 Å². The summed E-state index contributed by atoms with van der Waals surface area (Å²) in [5.74, 6) is 0. The van der Waals surface area contributed by atoms with Crippen molar-refractivity contribution in [1.82, 2.24) is 0 Å². The molecule has 0 saturated carbocycles. The van der Waals surface area contributed by atoms with Gasteiger partial charge in [0.1, 0.15) is 0 Å². The van der Waals surface area contributed by atoms with Gasteiger partial charge in [-0.2, -0.15) is 0 Å². The van der Waals surface area contributed by atoms with Gasteiger partial charge in [0, 0.05) is 5.33 Å². The minimum Gasteiger partial charge on any atom is -0.248 e. The summed E-state index contributed by atoms with van der Waals surface area (Å²) in [6.07, 6.45) is 5.59. The van der Waals surface area contributed by atoms with Gasteiger partial charge in [-0.15, -0.1) is 0 Å². The van der Waals surface area contributed by atoms with Crippen molar-refractivity contribution in [3.63, 3.8) is 0 Å². The summed E-state index contributed by atoms with van der Waals surface area (Å²) in [6.45, 7) is 1.91. The second-order valence-electron chi connectivity index (χ2n) is 2.90. The Kier molecular flexibility index (Phi) is 8.82. The number of rotatable bonds is 7. The van der Waals surface area contributed by atoms with Crippen LogP contribution in [0.2, 0.25) is 0 Å². The Morgan fingerprint density at radius 2 is 1.82 bits per heavy atom. The third kappa shape index (κ3) is 8.32. The Morgan fingerprint density at radius 1 is 1.18 bits per heavy atom. The number of hydrogen-bond acceptors (Lipinski definition) is 0. The van der Waals surface area contributed by atoms with Gasteiger partial charge in [-0.3, -0.25) is 0 Å². The van der Waals surface area contributed by atoms with E-state index in [0.29, 0.717) is 6.42 Å². The molecule has 0 heterocycles. The Balaban J connectivity index is 2.89. The van der Waals surface area contributed by atoms with Crippen LogP contribution in [0, 0.1) is 0 Å². The average molecular weight is 225 g/mol. The Hall–Kier alpha value is 0.410. The van der Waals surface area contributed by atoms with E-state index in [4.69, 9.17) is 0 Å². The molecule has 0 nitrogen and oxygen atoms in total. The van der Waals surface area contributed by atoms with E-state index in [1.807, 2.05) is 6.92 Å². The zero-order valence-corrected chi connectivity index (χ0v) is 8.87. The number of halogens is 2. The fraction of sp³-hybridized carbons (Fsp3) is 1.00. The van der Waals surface area contributed by atoms with Crippen molar-refractivity contribution >= 4 is 15.9 Å². The van der Waals surface area contributed by atoms with Gasteiger partial charge in [-0.1, -0.05) is 42.1 Å². The molecule has 1 unspecified atom stereocenters. The van der Waals surface area contributed by atoms with Gasteiger partial charge < -0.3 is 0 Å². The SMILES string of the molecule is CCC(F)CCCCCCBr. The molecular formula is C9H18BrF. The molecule has 0 aromatic heterocycles. The van der Waals surface area contributed by atoms with Crippen molar-refractivity contribution in [3.05, 3.63) is 0 Å². The maximum absolute atomic E-state index is 12.6. The first-order chi connectivity index (χ1) is 5.31. The van der Waals surface area contributed by atoms with Gasteiger partial charge in [0.05, 0.1) is 6.17 Å². The molecule has 0 aliphatic heterocycles. The molecule has 0 aliphatic rings. The third-order valence-electron chi connectivity index (χ3n) is 1.84. The number of hydrogen-bond donors (Lipinski definition) is 0. The normalized spacial score (nSPS) is 13.4. The number of unbranched alkanes of at least 4 members (excludes halogenated alkanes) is 3. The zero-order chi connectivity index (χ0) is 8.53. The summed E-state index contributed by atoms with van der Waals surface area (Å²) in [7, 11) is 0. The van der Waals surface area contributed by atoms with E-state index in [1.165, 1.54) is 19.3 Å². The molecule has 1 atom stereocenters. The van der Waals surface area contributed by atoms with Crippen LogP contribution in [0.4, 0.5) is 4.39 Å². The van der Waals surface area contributed by atoms with Gasteiger partial charge in [0.15, 0.2) is 0 Å². The lowest BCUT2D eigenvalue weighted by molar-refractivity contribution is 0.296. The molecule has 0 radical (unpaired) electrons. The Morgan fingerprint density at radius 3 is 2.36 bits per heavy atom. The molecule has 0 amide bonds. The van der Waals surface area contributed by atoms with Gasteiger partial charge >= 0.3 is 0 Å². The molecule has 0 aromatic carbocycles. The van der Waals surface area contributed by atoms with Gasteiger partial charge in [0.2, 0.25) is 0 Å². The van der Waals surface area contributed by atoms with Gasteiger partial charge in [-0.05, 0) is 19.3 Å². The lowest BCUT2D eigenvalue weighted by Crippen LogP contribution is -1.96. The zero-order valence-electron chi connectivity index (χ0n) is 7.28. The Bertz CT molecular complexity index is 76.0. The lowest BCUT2D eigenvalue weighted by atomic mass is 10.1. The van der Waals surface area contributed by atoms with Crippen molar-refractivity contribution in [2.75, 3.05) is 5.33 Å². The minimum atomic E-state index is -0.557. The first kappa shape index (κ1) is 11.4. The molecule has 0 N–H and O–H groups in total. The van der Waals surface area contributed by atoms with E-state index >= 15 is 0 Å². The van der Waals surface area contributed by atoms with Crippen LogP contribution in [0.15, 0.2) is 0 Å². The standard InChI is InChI=1S/C9H18BrF/c1-2-9(11)7-5-3-4-6-8-10/h9H,2-8H2,1H3. The maximum atomic E-state index is 12.6. The van der Waals surface area contributed by atoms with E-state index in [1.54, 1.807) is 0 Å². The van der Waals surface area contributed by atoms with E-state index in [2.05, 4.69) is 15.9 Å². The molecular weight excluding hydrogens is 207 g/mol. The fourth-order valence-corrected chi connectivity index (χ4v) is 1.41. The molecule has 0 spiro atoms. The monoisotopic (exact) mass is 224 g/mol. The summed E-state index contributed by atoms with van der Waals surface area (Å²) in [6, 6.07) is 0. The maximum Gasteiger partial charge on any atom is 0.0999 e. The average Bonchev–Trinajstić information content (AvgIpc) is 2.04. The summed E-state index contributed by atoms with van der Waals surface area (Å²) >= 11 is 3.37. The molecule has 11 heavy (non-hydrogen) atoms. The van der Waals surface area contributed by atoms with Crippen LogP contribution in [-0.2, 0) is 0 Å². The fourth-order valence-electron chi connectivity index (χ4n) is 1.02. The summed E-state index contributed by atoms with van der Waals surface area (Å²) in [4.78, 5) is 0. The summed E-state index contributed by atoms with van der Waals surface area (Å²) in [5, 5.41) is 1.08. The van der Waals surface area contributed by atoms with Crippen molar-refractivity contribution < 1.29 is 4.39 Å². The highest BCUT2D eigenvalue weighted by molar-refractivity contribution is 9.09. The molecule has 0 bridgehead atoms. The third-order valence-corrected chi connectivity index (χ3v) is 2.40. The van der Waals surface area contributed by atoms with E-state index in [0.717, 1.165) is 18.2 Å². The van der Waals surface area contributed by atoms with Crippen LogP contribution < -0.4 is 0 Å². The summed E-state index contributed by atoms with van der Waals surface area (Å²) in [5.41, 5.74) is 0. The molecule has 68 valence electrons. The predicted octanol–water partition coefficient (Wildman–Crippen LogP) is 4.08. The molecule has 0 saturated heterocycles. The highest BCUT2D eigenvalue weighted by Crippen LogP contribution is 2.10. The smallest absolute Gasteiger partial charge is 0.0999 e. The first-order valence-electron chi connectivity index (χ1n) is 4.51. The van der Waals surface area contributed by atoms with Crippen LogP contribution in [0.25, 0.3) is 0 Å². The quantitative estimate of drug-likeness (QED) is 0.452. The van der Waals surface area contributed by atoms with Crippen molar-refractivity contribution in [3.8, 4) is 0 Å². The second-order valence-corrected chi connectivity index (χ2v) is 3.69. The molecule has 0 fully saturated rings. The largest absolute Gasteiger partial charge is 0.248 e. The van der Waals surface area contributed by atoms with Gasteiger partial charge in [0.25, 0.3) is 0 Å². The topological polar surface area (TPSA) is 0 Å². The highest BCUT2D eigenvalue weighted by atomic mass is 79.9. The lowest BCUT2D eigenvalue weighted by Gasteiger charge is -2.03. The molecule has 2 heteroatoms. The van der Waals surface area contributed by atoms with Crippen molar-refractivity contribution in [2.45, 2.75) is 51.6 Å². The van der Waals surface area contributed by atoms with Crippen LogP contribution in [0.1, 0.15) is 45.4 Å². The predicted molar refractivity (Wildman–Crippen MR) is 52.1 cm³/mol. The first-order valence-corrected chi connectivity index (χ1v) is 5.63. The van der Waals surface area contributed by atoms with Crippen LogP contribution in [0.3, 0.4) is 0 Å². The van der Waals surface area contributed by atoms with E-state index in [-0.39, 0.29) is 0 Å². The summed E-state index contributed by atoms with van der Waals surface area (Å²) < 4.78 is 12.6.